The van der Waals surface area contributed by atoms with Gasteiger partial charge in [-0.3, -0.25) is 0 Å². The number of hydrogen-bond acceptors (Lipinski definition) is 6. The van der Waals surface area contributed by atoms with Crippen LogP contribution in [0.25, 0.3) is 5.69 Å². The van der Waals surface area contributed by atoms with Gasteiger partial charge in [-0.05, 0) is 55.7 Å². The first kappa shape index (κ1) is 28.1. The van der Waals surface area contributed by atoms with E-state index in [4.69, 9.17) is 9.47 Å². The van der Waals surface area contributed by atoms with Gasteiger partial charge in [-0.25, -0.2) is 14.3 Å². The molecule has 0 aliphatic carbocycles. The van der Waals surface area contributed by atoms with E-state index in [0.717, 1.165) is 58.7 Å². The van der Waals surface area contributed by atoms with Crippen LogP contribution in [0.4, 0.5) is 4.79 Å². The Morgan fingerprint density at radius 3 is 2.58 bits per heavy atom. The van der Waals surface area contributed by atoms with Gasteiger partial charge in [0.05, 0.1) is 18.5 Å². The first-order chi connectivity index (χ1) is 19.3. The first-order valence-electron chi connectivity index (χ1n) is 13.6. The predicted octanol–water partition coefficient (Wildman–Crippen LogP) is 5.43. The van der Waals surface area contributed by atoms with Crippen molar-refractivity contribution in [3.05, 3.63) is 87.3 Å². The summed E-state index contributed by atoms with van der Waals surface area (Å²) < 4.78 is 13.8. The van der Waals surface area contributed by atoms with E-state index in [1.54, 1.807) is 0 Å². The topological polar surface area (TPSA) is 76.9 Å². The Bertz CT molecular complexity index is 1410. The second-order valence-corrected chi connectivity index (χ2v) is 12.0. The third-order valence-corrected chi connectivity index (χ3v) is 8.38. The Labute approximate surface area is 243 Å². The molecule has 2 saturated heterocycles. The fraction of sp³-hybridized carbons (Fsp3) is 0.419. The molecule has 5 rings (SSSR count). The summed E-state index contributed by atoms with van der Waals surface area (Å²) >= 11 is 3.68. The molecule has 2 fully saturated rings. The SMILES string of the molecule is COC(=C=O)C[C@H](CN1CC2(CCN(C(=O)OCc3ccccc3)C2)C1)c1cc(Br)cc(-n2nc(C)cc2C)c1. The monoisotopic (exact) mass is 606 g/mol. The van der Waals surface area contributed by atoms with Crippen molar-refractivity contribution in [2.24, 2.45) is 5.41 Å². The van der Waals surface area contributed by atoms with Crippen molar-refractivity contribution in [1.29, 1.82) is 0 Å². The second kappa shape index (κ2) is 12.0. The summed E-state index contributed by atoms with van der Waals surface area (Å²) in [6.45, 7) is 8.30. The number of benzene rings is 2. The molecule has 2 aliphatic rings. The lowest BCUT2D eigenvalue weighted by Crippen LogP contribution is -2.58. The number of carbonyl (C=O) groups is 1. The molecule has 1 spiro atoms. The number of rotatable bonds is 9. The molecule has 3 heterocycles. The Morgan fingerprint density at radius 1 is 1.12 bits per heavy atom. The van der Waals surface area contributed by atoms with Crippen LogP contribution >= 0.6 is 15.9 Å². The molecule has 0 N–H and O–H groups in total. The lowest BCUT2D eigenvalue weighted by Gasteiger charge is -2.49. The fourth-order valence-electron chi connectivity index (χ4n) is 6.03. The highest BCUT2D eigenvalue weighted by Crippen LogP contribution is 2.41. The summed E-state index contributed by atoms with van der Waals surface area (Å²) in [6, 6.07) is 18.1. The van der Waals surface area contributed by atoms with Crippen LogP contribution in [0.1, 0.15) is 41.3 Å². The number of hydrogen-bond donors (Lipinski definition) is 0. The van der Waals surface area contributed by atoms with Crippen molar-refractivity contribution >= 4 is 28.0 Å². The van der Waals surface area contributed by atoms with Crippen LogP contribution < -0.4 is 0 Å². The molecule has 1 amide bonds. The highest BCUT2D eigenvalue weighted by molar-refractivity contribution is 9.10. The highest BCUT2D eigenvalue weighted by Gasteiger charge is 2.49. The largest absolute Gasteiger partial charge is 0.490 e. The fourth-order valence-corrected chi connectivity index (χ4v) is 6.52. The van der Waals surface area contributed by atoms with Gasteiger partial charge in [0.15, 0.2) is 11.7 Å². The van der Waals surface area contributed by atoms with E-state index in [1.165, 1.54) is 7.11 Å². The molecule has 8 nitrogen and oxygen atoms in total. The minimum absolute atomic E-state index is 0.0234. The van der Waals surface area contributed by atoms with E-state index in [0.29, 0.717) is 25.3 Å². The number of halogens is 1. The summed E-state index contributed by atoms with van der Waals surface area (Å²) in [7, 11) is 1.52. The summed E-state index contributed by atoms with van der Waals surface area (Å²) in [5.74, 6) is 2.29. The van der Waals surface area contributed by atoms with Crippen molar-refractivity contribution in [2.45, 2.75) is 39.2 Å². The maximum absolute atomic E-state index is 12.7. The molecule has 0 unspecified atom stereocenters. The van der Waals surface area contributed by atoms with Gasteiger partial charge in [0.1, 0.15) is 6.61 Å². The summed E-state index contributed by atoms with van der Waals surface area (Å²) in [5, 5.41) is 4.65. The smallest absolute Gasteiger partial charge is 0.410 e. The van der Waals surface area contributed by atoms with Gasteiger partial charge in [0.2, 0.25) is 0 Å². The Hall–Kier alpha value is -3.39. The molecule has 0 saturated carbocycles. The zero-order chi connectivity index (χ0) is 28.3. The van der Waals surface area contributed by atoms with E-state index in [1.807, 2.05) is 59.7 Å². The predicted molar refractivity (Wildman–Crippen MR) is 156 cm³/mol. The van der Waals surface area contributed by atoms with Gasteiger partial charge in [-0.1, -0.05) is 46.3 Å². The number of likely N-dealkylation sites (tertiary alicyclic amines) is 2. The minimum atomic E-state index is -0.247. The number of ether oxygens (including phenoxy) is 2. The maximum atomic E-state index is 12.7. The third-order valence-electron chi connectivity index (χ3n) is 7.92. The molecule has 2 aliphatic heterocycles. The molecular weight excluding hydrogens is 572 g/mol. The average molecular weight is 608 g/mol. The van der Waals surface area contributed by atoms with Crippen molar-refractivity contribution in [1.82, 2.24) is 19.6 Å². The van der Waals surface area contributed by atoms with E-state index in [2.05, 4.69) is 50.2 Å². The number of aromatic nitrogens is 2. The molecule has 210 valence electrons. The quantitative estimate of drug-likeness (QED) is 0.239. The summed E-state index contributed by atoms with van der Waals surface area (Å²) in [6.07, 6.45) is 1.17. The van der Waals surface area contributed by atoms with Crippen molar-refractivity contribution in [3.8, 4) is 5.69 Å². The molecule has 0 radical (unpaired) electrons. The maximum Gasteiger partial charge on any atom is 0.410 e. The summed E-state index contributed by atoms with van der Waals surface area (Å²) in [4.78, 5) is 28.5. The lowest BCUT2D eigenvalue weighted by molar-refractivity contribution is 0.00248. The van der Waals surface area contributed by atoms with Gasteiger partial charge >= 0.3 is 6.09 Å². The first-order valence-corrected chi connectivity index (χ1v) is 14.4. The van der Waals surface area contributed by atoms with E-state index in [9.17, 15) is 9.59 Å². The van der Waals surface area contributed by atoms with Crippen molar-refractivity contribution in [3.63, 3.8) is 0 Å². The zero-order valence-corrected chi connectivity index (χ0v) is 24.8. The van der Waals surface area contributed by atoms with E-state index in [-0.39, 0.29) is 24.0 Å². The summed E-state index contributed by atoms with van der Waals surface area (Å²) in [5.41, 5.74) is 5.16. The normalized spacial score (nSPS) is 16.9. The molecule has 3 aromatic rings. The zero-order valence-electron chi connectivity index (χ0n) is 23.2. The Kier molecular flexibility index (Phi) is 8.45. The number of aryl methyl sites for hydroxylation is 2. The van der Waals surface area contributed by atoms with Gasteiger partial charge in [-0.15, -0.1) is 0 Å². The Balaban J connectivity index is 1.25. The van der Waals surface area contributed by atoms with E-state index >= 15 is 0 Å². The lowest BCUT2D eigenvalue weighted by atomic mass is 9.78. The number of nitrogens with zero attached hydrogens (tertiary/aromatic N) is 4. The number of amides is 1. The van der Waals surface area contributed by atoms with Crippen LogP contribution in [0.5, 0.6) is 0 Å². The van der Waals surface area contributed by atoms with Crippen LogP contribution in [0.15, 0.2) is 64.8 Å². The van der Waals surface area contributed by atoms with Crippen LogP contribution in [0, 0.1) is 19.3 Å². The molecule has 2 aromatic carbocycles. The second-order valence-electron chi connectivity index (χ2n) is 11.1. The van der Waals surface area contributed by atoms with Gasteiger partial charge in [0.25, 0.3) is 0 Å². The molecular formula is C31H35BrN4O4. The molecule has 0 bridgehead atoms. The van der Waals surface area contributed by atoms with Crippen molar-refractivity contribution < 1.29 is 19.1 Å². The van der Waals surface area contributed by atoms with Gasteiger partial charge in [0, 0.05) is 60.6 Å². The van der Waals surface area contributed by atoms with Crippen LogP contribution in [0.2, 0.25) is 0 Å². The molecule has 1 atom stereocenters. The Morgan fingerprint density at radius 2 is 1.90 bits per heavy atom. The van der Waals surface area contributed by atoms with Gasteiger partial charge in [-0.2, -0.15) is 5.10 Å². The minimum Gasteiger partial charge on any atom is -0.490 e. The molecule has 9 heteroatoms. The molecule has 1 aromatic heterocycles. The highest BCUT2D eigenvalue weighted by atomic mass is 79.9. The average Bonchev–Trinajstić information content (AvgIpc) is 3.52. The van der Waals surface area contributed by atoms with Gasteiger partial charge < -0.3 is 19.3 Å². The number of allylic oxidation sites excluding steroid dienone is 1. The van der Waals surface area contributed by atoms with Crippen LogP contribution in [0.3, 0.4) is 0 Å². The number of methoxy groups -OCH3 is 1. The standard InChI is InChI=1S/C31H35BrN4O4/c1-22-11-23(2)36(33-22)28-13-25(12-27(32)15-28)26(14-29(17-37)39-3)16-34-19-31(20-34)9-10-35(21-31)30(38)40-18-24-7-5-4-6-8-24/h4-8,11-13,15,26H,9-10,14,16,18-21H2,1-3H3/t26-/m1/s1. The van der Waals surface area contributed by atoms with Crippen LogP contribution in [-0.2, 0) is 20.9 Å². The van der Waals surface area contributed by atoms with E-state index < -0.39 is 0 Å². The van der Waals surface area contributed by atoms with Crippen LogP contribution in [-0.4, -0.2) is 71.4 Å². The third kappa shape index (κ3) is 6.33. The number of carbonyl (C=O) groups excluding carboxylic acids is 2. The molecule has 40 heavy (non-hydrogen) atoms. The van der Waals surface area contributed by atoms with Crippen molar-refractivity contribution in [2.75, 3.05) is 39.8 Å².